The number of anilines is 1. The first-order valence-electron chi connectivity index (χ1n) is 26.7. The van der Waals surface area contributed by atoms with Crippen LogP contribution in [0.1, 0.15) is 136 Å². The number of esters is 2. The Morgan fingerprint density at radius 1 is 0.973 bits per heavy atom. The van der Waals surface area contributed by atoms with Crippen LogP contribution in [0.25, 0.3) is 10.9 Å². The molecule has 0 amide bonds. The van der Waals surface area contributed by atoms with Crippen molar-refractivity contribution in [3.05, 3.63) is 39.9 Å². The Hall–Kier alpha value is -4.93. The maximum absolute atomic E-state index is 15.2. The van der Waals surface area contributed by atoms with E-state index in [2.05, 4.69) is 15.8 Å². The molecule has 4 aliphatic rings. The third kappa shape index (κ3) is 13.6. The molecule has 2 aromatic rings. The predicted octanol–water partition coefficient (Wildman–Crippen LogP) is 6.82. The number of benzene rings is 1. The molecule has 14 atom stereocenters. The Labute approximate surface area is 439 Å². The molecule has 0 unspecified atom stereocenters. The lowest BCUT2D eigenvalue weighted by atomic mass is 9.73. The lowest BCUT2D eigenvalue weighted by Crippen LogP contribution is -2.60. The molecule has 4 N–H and O–H groups in total. The number of unbranched alkanes of at least 4 members (excludes halogenated alkanes) is 3. The number of rotatable bonds is 20. The first kappa shape index (κ1) is 59.3. The molecule has 1 aliphatic carbocycles. The molecule has 0 bridgehead atoms. The second-order valence-corrected chi connectivity index (χ2v) is 21.8. The van der Waals surface area contributed by atoms with E-state index >= 15 is 4.39 Å². The Balaban J connectivity index is 1.14. The van der Waals surface area contributed by atoms with E-state index in [1.165, 1.54) is 13.3 Å². The van der Waals surface area contributed by atoms with Crippen molar-refractivity contribution in [3.8, 4) is 0 Å². The number of aromatic carboxylic acids is 1. The van der Waals surface area contributed by atoms with Crippen LogP contribution in [0.15, 0.2) is 28.3 Å². The molecule has 1 aromatic heterocycles. The number of likely N-dealkylation sites (N-methyl/N-ethyl adjacent to an activating group) is 1. The Kier molecular flexibility index (Phi) is 20.2. The van der Waals surface area contributed by atoms with E-state index in [-0.39, 0.29) is 60.6 Å². The Bertz CT molecular complexity index is 2420. The van der Waals surface area contributed by atoms with Crippen LogP contribution in [0.3, 0.4) is 0 Å². The van der Waals surface area contributed by atoms with Crippen LogP contribution in [0.2, 0.25) is 0 Å². The summed E-state index contributed by atoms with van der Waals surface area (Å²) in [5, 5.41) is 32.3. The molecule has 75 heavy (non-hydrogen) atoms. The highest BCUT2D eigenvalue weighted by atomic mass is 19.1. The maximum Gasteiger partial charge on any atom is 0.509 e. The van der Waals surface area contributed by atoms with Crippen molar-refractivity contribution < 1.29 is 71.8 Å². The molecule has 3 saturated heterocycles. The van der Waals surface area contributed by atoms with Crippen LogP contribution in [-0.4, -0.2) is 158 Å². The first-order valence-corrected chi connectivity index (χ1v) is 26.7. The molecule has 4 heterocycles. The van der Waals surface area contributed by atoms with Gasteiger partial charge in [0.1, 0.15) is 36.8 Å². The molecule has 6 rings (SSSR count). The molecule has 20 nitrogen and oxygen atoms in total. The van der Waals surface area contributed by atoms with Gasteiger partial charge in [-0.2, -0.15) is 0 Å². The van der Waals surface area contributed by atoms with Crippen molar-refractivity contribution in [2.45, 2.75) is 186 Å². The third-order valence-corrected chi connectivity index (χ3v) is 15.8. The predicted molar refractivity (Wildman–Crippen MR) is 276 cm³/mol. The number of oxime groups is 1. The zero-order chi connectivity index (χ0) is 55.1. The van der Waals surface area contributed by atoms with Gasteiger partial charge >= 0.3 is 24.1 Å². The SMILES string of the molecule is CC[C@H]1OC(=O)[C@H](C)[C@@H](OC(=O)CCNCCCCCCNc2cc3c(cc2F)c(=O)c(C(=O)O)cn3C2CC2)[C@H](C)[C@@H](O[C@@H]2O[C@H](C)C[C@H](N(C)C)[C@H]2O)[C@](C)(OC)C[C@@H](C)/C(=N\OC)[C@H](C)[C@H]2OC(=O)O[C@@]21C. The minimum atomic E-state index is -1.44. The number of fused-ring (bicyclic) bond motifs is 2. The second kappa shape index (κ2) is 25.5. The molecule has 4 fully saturated rings. The highest BCUT2D eigenvalue weighted by Crippen LogP contribution is 2.44. The fourth-order valence-electron chi connectivity index (χ4n) is 11.5. The van der Waals surface area contributed by atoms with Crippen LogP contribution in [0.4, 0.5) is 14.9 Å². The van der Waals surface area contributed by atoms with Crippen molar-refractivity contribution in [3.63, 3.8) is 0 Å². The number of carbonyl (C=O) groups is 4. The summed E-state index contributed by atoms with van der Waals surface area (Å²) < 4.78 is 60.9. The Morgan fingerprint density at radius 3 is 2.29 bits per heavy atom. The largest absolute Gasteiger partial charge is 0.509 e. The first-order chi connectivity index (χ1) is 35.5. The van der Waals surface area contributed by atoms with Crippen LogP contribution >= 0.6 is 0 Å². The quantitative estimate of drug-likeness (QED) is 0.0460. The zero-order valence-corrected chi connectivity index (χ0v) is 45.9. The number of aliphatic hydroxyl groups excluding tert-OH is 1. The molecule has 0 radical (unpaired) electrons. The van der Waals surface area contributed by atoms with Gasteiger partial charge in [0, 0.05) is 61.6 Å². The van der Waals surface area contributed by atoms with E-state index in [1.807, 2.05) is 53.6 Å². The van der Waals surface area contributed by atoms with Gasteiger partial charge in [-0.15, -0.1) is 0 Å². The van der Waals surface area contributed by atoms with Crippen LogP contribution in [0.5, 0.6) is 0 Å². The van der Waals surface area contributed by atoms with E-state index in [1.54, 1.807) is 38.5 Å². The van der Waals surface area contributed by atoms with Crippen molar-refractivity contribution in [2.24, 2.45) is 28.8 Å². The van der Waals surface area contributed by atoms with E-state index in [0.717, 1.165) is 44.6 Å². The average molecular weight is 1060 g/mol. The maximum atomic E-state index is 15.2. The summed E-state index contributed by atoms with van der Waals surface area (Å²) in [5.41, 5.74) is -2.49. The topological polar surface area (TPSA) is 244 Å². The molecule has 21 heteroatoms. The number of cyclic esters (lactones) is 1. The summed E-state index contributed by atoms with van der Waals surface area (Å²) in [6.07, 6.45) is -0.233. The number of aromatic nitrogens is 1. The van der Waals surface area contributed by atoms with Gasteiger partial charge in [0.2, 0.25) is 5.43 Å². The summed E-state index contributed by atoms with van der Waals surface area (Å²) in [7, 11) is 6.72. The van der Waals surface area contributed by atoms with E-state index in [4.69, 9.17) is 38.0 Å². The summed E-state index contributed by atoms with van der Waals surface area (Å²) in [6, 6.07) is 2.46. The number of nitrogens with one attached hydrogen (secondary N) is 2. The summed E-state index contributed by atoms with van der Waals surface area (Å²) in [6.45, 7) is 15.8. The molecular formula is C54H82FN5O15. The summed E-state index contributed by atoms with van der Waals surface area (Å²) >= 11 is 0. The van der Waals surface area contributed by atoms with Gasteiger partial charge in [0.25, 0.3) is 0 Å². The minimum absolute atomic E-state index is 0.0334. The number of carboxylic acid groups (broad SMARTS) is 1. The van der Waals surface area contributed by atoms with Gasteiger partial charge in [-0.1, -0.05) is 45.7 Å². The molecule has 0 spiro atoms. The number of ether oxygens (including phenoxy) is 7. The normalized spacial score (nSPS) is 33.3. The number of nitrogens with zero attached hydrogens (tertiary/aromatic N) is 3. The lowest BCUT2D eigenvalue weighted by Gasteiger charge is -2.48. The third-order valence-electron chi connectivity index (χ3n) is 15.8. The van der Waals surface area contributed by atoms with Gasteiger partial charge in [-0.25, -0.2) is 14.0 Å². The number of carbonyl (C=O) groups excluding carboxylic acids is 3. The fraction of sp³-hybridized carbons (Fsp3) is 0.741. The molecular weight excluding hydrogens is 978 g/mol. The standard InChI is InChI=1S/C54H82FN5O15/c1-13-41-54(8)48(74-52(67)75-54)31(4)43(58-69-12)29(2)27-53(7,68-11)47(73-51-45(63)40(59(9)10)24-30(3)70-51)32(5)46(33(6)50(66)71-41)72-42(61)20-23-56-21-16-14-15-17-22-57-38-26-39-35(25-37(38)55)44(62)36(49(64)65)28-60(39)34-18-19-34/h25-26,28-34,40-41,45-48,51,56-57,63H,13-24,27H2,1-12H3,(H,64,65)/b58-43+/t29-,30-,31+,32+,33-,40+,41-,45-,46+,47-,48-,51+,53-,54-/m1/s1. The number of hydrogen-bond acceptors (Lipinski definition) is 18. The second-order valence-electron chi connectivity index (χ2n) is 21.8. The monoisotopic (exact) mass is 1060 g/mol. The number of aliphatic hydroxyl groups is 1. The van der Waals surface area contributed by atoms with Crippen LogP contribution in [0, 0.1) is 29.5 Å². The van der Waals surface area contributed by atoms with Crippen LogP contribution in [-0.2, 0) is 47.6 Å². The van der Waals surface area contributed by atoms with Crippen molar-refractivity contribution in [1.82, 2.24) is 14.8 Å². The van der Waals surface area contributed by atoms with E-state index < -0.39 is 107 Å². The van der Waals surface area contributed by atoms with Crippen molar-refractivity contribution in [2.75, 3.05) is 53.3 Å². The van der Waals surface area contributed by atoms with Gasteiger partial charge in [-0.05, 0) is 105 Å². The molecule has 1 aromatic carbocycles. The molecule has 420 valence electrons. The number of pyridine rings is 1. The van der Waals surface area contributed by atoms with Gasteiger partial charge in [-0.3, -0.25) is 14.4 Å². The van der Waals surface area contributed by atoms with Gasteiger partial charge in [0.05, 0.1) is 47.1 Å². The number of methoxy groups -OCH3 is 1. The zero-order valence-electron chi connectivity index (χ0n) is 45.9. The lowest BCUT2D eigenvalue weighted by molar-refractivity contribution is -0.301. The number of hydrogen-bond donors (Lipinski definition) is 4. The smallest absolute Gasteiger partial charge is 0.477 e. The number of halogens is 1. The van der Waals surface area contributed by atoms with Crippen molar-refractivity contribution in [1.29, 1.82) is 0 Å². The summed E-state index contributed by atoms with van der Waals surface area (Å²) in [4.78, 5) is 73.4. The van der Waals surface area contributed by atoms with Gasteiger partial charge in [0.15, 0.2) is 18.0 Å². The fourth-order valence-corrected chi connectivity index (χ4v) is 11.5. The van der Waals surface area contributed by atoms with E-state index in [0.29, 0.717) is 30.7 Å². The highest BCUT2D eigenvalue weighted by molar-refractivity contribution is 5.93. The van der Waals surface area contributed by atoms with Crippen LogP contribution < -0.4 is 16.1 Å². The van der Waals surface area contributed by atoms with Gasteiger partial charge < -0.3 is 68.3 Å². The highest BCUT2D eigenvalue weighted by Gasteiger charge is 2.59. The number of carboxylic acids is 1. The molecule has 1 saturated carbocycles. The average Bonchev–Trinajstić information content (AvgIpc) is 4.16. The summed E-state index contributed by atoms with van der Waals surface area (Å²) in [5.74, 6) is -6.15. The van der Waals surface area contributed by atoms with E-state index in [9.17, 15) is 34.2 Å². The minimum Gasteiger partial charge on any atom is -0.477 e. The molecule has 3 aliphatic heterocycles. The Morgan fingerprint density at radius 2 is 1.67 bits per heavy atom. The van der Waals surface area contributed by atoms with Crippen molar-refractivity contribution >= 4 is 46.4 Å².